The molecule has 0 fully saturated rings. The van der Waals surface area contributed by atoms with Crippen LogP contribution in [-0.4, -0.2) is 30.9 Å². The zero-order valence-electron chi connectivity index (χ0n) is 10.3. The van der Waals surface area contributed by atoms with E-state index < -0.39 is 0 Å². The van der Waals surface area contributed by atoms with Crippen LogP contribution in [0.2, 0.25) is 0 Å². The summed E-state index contributed by atoms with van der Waals surface area (Å²) < 4.78 is 10.5. The van der Waals surface area contributed by atoms with Crippen molar-refractivity contribution >= 4 is 0 Å². The molecule has 4 nitrogen and oxygen atoms in total. The maximum absolute atomic E-state index is 9.29. The molecule has 4 heteroatoms. The minimum Gasteiger partial charge on any atom is -0.495 e. The Morgan fingerprint density at radius 3 is 2.06 bits per heavy atom. The predicted octanol–water partition coefficient (Wildman–Crippen LogP) is 1.66. The van der Waals surface area contributed by atoms with Crippen LogP contribution in [0.25, 0.3) is 0 Å². The molecule has 0 spiro atoms. The Kier molecular flexibility index (Phi) is 4.12. The first-order valence-electron chi connectivity index (χ1n) is 5.20. The smallest absolute Gasteiger partial charge is 0.144 e. The molecular weight excluding hydrogens is 206 g/mol. The molecule has 0 saturated carbocycles. The first-order chi connectivity index (χ1) is 7.54. The molecule has 16 heavy (non-hydrogen) atoms. The molecule has 0 radical (unpaired) electrons. The molecule has 0 atom stereocenters. The Bertz CT molecular complexity index is 328. The van der Waals surface area contributed by atoms with E-state index in [1.807, 2.05) is 13.8 Å². The van der Waals surface area contributed by atoms with Crippen molar-refractivity contribution < 1.29 is 14.6 Å². The van der Waals surface area contributed by atoms with Gasteiger partial charge in [-0.25, -0.2) is 0 Å². The first kappa shape index (κ1) is 12.8. The zero-order chi connectivity index (χ0) is 12.2. The van der Waals surface area contributed by atoms with E-state index in [0.717, 1.165) is 5.56 Å². The van der Waals surface area contributed by atoms with E-state index in [2.05, 4.69) is 4.98 Å². The van der Waals surface area contributed by atoms with Crippen LogP contribution >= 0.6 is 0 Å². The van der Waals surface area contributed by atoms with Crippen molar-refractivity contribution in [2.24, 2.45) is 5.41 Å². The monoisotopic (exact) mass is 225 g/mol. The summed E-state index contributed by atoms with van der Waals surface area (Å²) >= 11 is 0. The highest BCUT2D eigenvalue weighted by Gasteiger charge is 2.22. The number of nitrogens with zero attached hydrogens (tertiary/aromatic N) is 1. The van der Waals surface area contributed by atoms with Crippen molar-refractivity contribution in [1.29, 1.82) is 0 Å². The molecule has 0 aromatic carbocycles. The molecule has 0 aliphatic heterocycles. The van der Waals surface area contributed by atoms with Gasteiger partial charge in [0.05, 0.1) is 26.6 Å². The topological polar surface area (TPSA) is 51.6 Å². The Hall–Kier alpha value is -1.29. The van der Waals surface area contributed by atoms with Gasteiger partial charge in [0.1, 0.15) is 11.5 Å². The van der Waals surface area contributed by atoms with Crippen molar-refractivity contribution in [3.05, 3.63) is 18.0 Å². The molecule has 1 N–H and O–H groups in total. The van der Waals surface area contributed by atoms with Gasteiger partial charge in [0.2, 0.25) is 0 Å². The molecule has 0 amide bonds. The summed E-state index contributed by atoms with van der Waals surface area (Å²) in [5.41, 5.74) is 0.737. The lowest BCUT2D eigenvalue weighted by Crippen LogP contribution is -2.20. The van der Waals surface area contributed by atoms with Crippen molar-refractivity contribution in [2.45, 2.75) is 20.3 Å². The van der Waals surface area contributed by atoms with Crippen molar-refractivity contribution in [2.75, 3.05) is 20.8 Å². The summed E-state index contributed by atoms with van der Waals surface area (Å²) in [7, 11) is 3.21. The standard InChI is InChI=1S/C12H19NO3/c1-12(2,8-14)5-9-10(15-3)6-13-7-11(9)16-4/h6-7,14H,5,8H2,1-4H3. The third-order valence-electron chi connectivity index (χ3n) is 2.50. The van der Waals surface area contributed by atoms with E-state index in [1.165, 1.54) is 0 Å². The van der Waals surface area contributed by atoms with E-state index in [4.69, 9.17) is 9.47 Å². The normalized spacial score (nSPS) is 11.3. The number of hydrogen-bond acceptors (Lipinski definition) is 4. The minimum absolute atomic E-state index is 0.113. The summed E-state index contributed by atoms with van der Waals surface area (Å²) in [6.07, 6.45) is 4.00. The van der Waals surface area contributed by atoms with Gasteiger partial charge in [-0.1, -0.05) is 13.8 Å². The Morgan fingerprint density at radius 2 is 1.69 bits per heavy atom. The van der Waals surface area contributed by atoms with Crippen LogP contribution in [0.15, 0.2) is 12.4 Å². The Balaban J connectivity index is 3.09. The first-order valence-corrected chi connectivity index (χ1v) is 5.20. The van der Waals surface area contributed by atoms with Crippen molar-refractivity contribution in [3.8, 4) is 11.5 Å². The highest BCUT2D eigenvalue weighted by atomic mass is 16.5. The molecule has 1 rings (SSSR count). The summed E-state index contributed by atoms with van der Waals surface area (Å²) in [5.74, 6) is 1.39. The second-order valence-corrected chi connectivity index (χ2v) is 4.52. The van der Waals surface area contributed by atoms with E-state index in [-0.39, 0.29) is 12.0 Å². The second-order valence-electron chi connectivity index (χ2n) is 4.52. The molecule has 1 heterocycles. The average Bonchev–Trinajstić information content (AvgIpc) is 2.29. The molecule has 0 saturated heterocycles. The highest BCUT2D eigenvalue weighted by Crippen LogP contribution is 2.33. The van der Waals surface area contributed by atoms with Crippen molar-refractivity contribution in [3.63, 3.8) is 0 Å². The number of aliphatic hydroxyl groups is 1. The molecule has 0 aliphatic carbocycles. The number of methoxy groups -OCH3 is 2. The fraction of sp³-hybridized carbons (Fsp3) is 0.583. The van der Waals surface area contributed by atoms with E-state index >= 15 is 0 Å². The molecule has 0 unspecified atom stereocenters. The lowest BCUT2D eigenvalue weighted by atomic mass is 9.86. The molecule has 1 aromatic heterocycles. The predicted molar refractivity (Wildman–Crippen MR) is 61.9 cm³/mol. The molecule has 0 aliphatic rings. The summed E-state index contributed by atoms with van der Waals surface area (Å²) in [6, 6.07) is 0. The van der Waals surface area contributed by atoms with Crippen LogP contribution in [0.3, 0.4) is 0 Å². The third kappa shape index (κ3) is 2.85. The van der Waals surface area contributed by atoms with Crippen LogP contribution in [0, 0.1) is 5.41 Å². The number of pyridine rings is 1. The summed E-state index contributed by atoms with van der Waals surface area (Å²) in [6.45, 7) is 4.10. The number of rotatable bonds is 5. The number of aliphatic hydroxyl groups excluding tert-OH is 1. The van der Waals surface area contributed by atoms with E-state index in [9.17, 15) is 5.11 Å². The van der Waals surface area contributed by atoms with Crippen LogP contribution in [0.5, 0.6) is 11.5 Å². The van der Waals surface area contributed by atoms with Crippen molar-refractivity contribution in [1.82, 2.24) is 4.98 Å². The lowest BCUT2D eigenvalue weighted by Gasteiger charge is -2.23. The van der Waals surface area contributed by atoms with Crippen LogP contribution in [-0.2, 0) is 6.42 Å². The van der Waals surface area contributed by atoms with Gasteiger partial charge in [0.25, 0.3) is 0 Å². The molecule has 1 aromatic rings. The molecule has 0 bridgehead atoms. The van der Waals surface area contributed by atoms with E-state index in [0.29, 0.717) is 17.9 Å². The Morgan fingerprint density at radius 1 is 1.19 bits per heavy atom. The SMILES string of the molecule is COc1cncc(OC)c1CC(C)(C)CO. The van der Waals surface area contributed by atoms with Crippen LogP contribution in [0.4, 0.5) is 0 Å². The number of aromatic nitrogens is 1. The molecule has 90 valence electrons. The van der Waals surface area contributed by atoms with Gasteiger partial charge in [0.15, 0.2) is 0 Å². The van der Waals surface area contributed by atoms with Gasteiger partial charge in [-0.15, -0.1) is 0 Å². The van der Waals surface area contributed by atoms with Crippen LogP contribution < -0.4 is 9.47 Å². The second kappa shape index (κ2) is 5.16. The largest absolute Gasteiger partial charge is 0.495 e. The van der Waals surface area contributed by atoms with Crippen LogP contribution in [0.1, 0.15) is 19.4 Å². The summed E-state index contributed by atoms with van der Waals surface area (Å²) in [4.78, 5) is 4.03. The maximum atomic E-state index is 9.29. The zero-order valence-corrected chi connectivity index (χ0v) is 10.3. The maximum Gasteiger partial charge on any atom is 0.144 e. The fourth-order valence-electron chi connectivity index (χ4n) is 1.51. The quantitative estimate of drug-likeness (QED) is 0.828. The van der Waals surface area contributed by atoms with Gasteiger partial charge >= 0.3 is 0 Å². The van der Waals surface area contributed by atoms with Gasteiger partial charge in [0, 0.05) is 12.2 Å². The van der Waals surface area contributed by atoms with E-state index in [1.54, 1.807) is 26.6 Å². The summed E-state index contributed by atoms with van der Waals surface area (Å²) in [5, 5.41) is 9.29. The minimum atomic E-state index is -0.206. The van der Waals surface area contributed by atoms with Gasteiger partial charge in [-0.05, 0) is 11.8 Å². The van der Waals surface area contributed by atoms with Gasteiger partial charge < -0.3 is 14.6 Å². The van der Waals surface area contributed by atoms with Gasteiger partial charge in [-0.3, -0.25) is 4.98 Å². The average molecular weight is 225 g/mol. The number of ether oxygens (including phenoxy) is 2. The van der Waals surface area contributed by atoms with Gasteiger partial charge in [-0.2, -0.15) is 0 Å². The Labute approximate surface area is 96.2 Å². The highest BCUT2D eigenvalue weighted by molar-refractivity contribution is 5.42. The third-order valence-corrected chi connectivity index (χ3v) is 2.50. The molecular formula is C12H19NO3. The number of hydrogen-bond donors (Lipinski definition) is 1. The fourth-order valence-corrected chi connectivity index (χ4v) is 1.51. The lowest BCUT2D eigenvalue weighted by molar-refractivity contribution is 0.157.